The lowest BCUT2D eigenvalue weighted by molar-refractivity contribution is -0.128. The highest BCUT2D eigenvalue weighted by atomic mass is 16.5. The zero-order valence-corrected chi connectivity index (χ0v) is 10.8. The summed E-state index contributed by atoms with van der Waals surface area (Å²) in [7, 11) is 0. The van der Waals surface area contributed by atoms with Gasteiger partial charge in [0.25, 0.3) is 0 Å². The van der Waals surface area contributed by atoms with Crippen LogP contribution in [0.3, 0.4) is 0 Å². The van der Waals surface area contributed by atoms with Gasteiger partial charge in [0.1, 0.15) is 0 Å². The largest absolute Gasteiger partial charge is 0.376 e. The molecule has 0 saturated carbocycles. The summed E-state index contributed by atoms with van der Waals surface area (Å²) in [4.78, 5) is 2.70. The van der Waals surface area contributed by atoms with Crippen LogP contribution in [0.15, 0.2) is 11.3 Å². The van der Waals surface area contributed by atoms with Crippen molar-refractivity contribution >= 4 is 0 Å². The molecule has 1 spiro atoms. The topological polar surface area (TPSA) is 12.5 Å². The van der Waals surface area contributed by atoms with E-state index in [1.165, 1.54) is 25.7 Å². The Labute approximate surface area is 98.6 Å². The second-order valence-electron chi connectivity index (χ2n) is 6.12. The van der Waals surface area contributed by atoms with E-state index in [9.17, 15) is 0 Å². The van der Waals surface area contributed by atoms with E-state index in [2.05, 4.69) is 25.7 Å². The van der Waals surface area contributed by atoms with Gasteiger partial charge in [0.05, 0.1) is 18.8 Å². The number of hydrogen-bond donors (Lipinski definition) is 0. The lowest BCUT2D eigenvalue weighted by Crippen LogP contribution is -2.61. The SMILES string of the molecule is CC1CCCC2=C1CC1(COC1)N2C(C)C. The summed E-state index contributed by atoms with van der Waals surface area (Å²) in [5.74, 6) is 0.810. The molecular weight excluding hydrogens is 198 g/mol. The van der Waals surface area contributed by atoms with Crippen LogP contribution in [0.1, 0.15) is 46.5 Å². The Hall–Kier alpha value is -0.500. The molecular formula is C14H23NO. The number of hydrogen-bond acceptors (Lipinski definition) is 2. The molecule has 0 radical (unpaired) electrons. The summed E-state index contributed by atoms with van der Waals surface area (Å²) in [6, 6.07) is 0.627. The molecule has 0 N–H and O–H groups in total. The van der Waals surface area contributed by atoms with Crippen LogP contribution in [0.5, 0.6) is 0 Å². The molecule has 0 aromatic carbocycles. The van der Waals surface area contributed by atoms with Crippen molar-refractivity contribution in [3.05, 3.63) is 11.3 Å². The summed E-state index contributed by atoms with van der Waals surface area (Å²) < 4.78 is 5.51. The fourth-order valence-electron chi connectivity index (χ4n) is 3.91. The summed E-state index contributed by atoms with van der Waals surface area (Å²) >= 11 is 0. The molecule has 1 fully saturated rings. The number of allylic oxidation sites excluding steroid dienone is 1. The van der Waals surface area contributed by atoms with E-state index >= 15 is 0 Å². The van der Waals surface area contributed by atoms with Crippen molar-refractivity contribution in [3.8, 4) is 0 Å². The first-order chi connectivity index (χ1) is 7.64. The van der Waals surface area contributed by atoms with Crippen molar-refractivity contribution in [3.63, 3.8) is 0 Å². The first-order valence-electron chi connectivity index (χ1n) is 6.73. The standard InChI is InChI=1S/C14H23NO/c1-10(2)15-13-6-4-5-11(3)12(13)7-14(15)8-16-9-14/h10-11H,4-9H2,1-3H3. The Morgan fingerprint density at radius 2 is 2.12 bits per heavy atom. The minimum absolute atomic E-state index is 0.359. The van der Waals surface area contributed by atoms with Crippen molar-refractivity contribution in [1.82, 2.24) is 4.90 Å². The van der Waals surface area contributed by atoms with Gasteiger partial charge in [-0.25, -0.2) is 0 Å². The van der Waals surface area contributed by atoms with E-state index in [4.69, 9.17) is 4.74 Å². The third-order valence-electron chi connectivity index (χ3n) is 4.60. The quantitative estimate of drug-likeness (QED) is 0.675. The second kappa shape index (κ2) is 3.49. The molecule has 0 aromatic heterocycles. The van der Waals surface area contributed by atoms with Gasteiger partial charge in [-0.15, -0.1) is 0 Å². The molecule has 1 unspecified atom stereocenters. The highest BCUT2D eigenvalue weighted by molar-refractivity contribution is 5.32. The van der Waals surface area contributed by atoms with Crippen LogP contribution in [0.25, 0.3) is 0 Å². The van der Waals surface area contributed by atoms with Gasteiger partial charge in [0, 0.05) is 11.7 Å². The molecule has 1 atom stereocenters. The van der Waals surface area contributed by atoms with Gasteiger partial charge in [0.2, 0.25) is 0 Å². The average molecular weight is 221 g/mol. The van der Waals surface area contributed by atoms with Crippen molar-refractivity contribution in [1.29, 1.82) is 0 Å². The number of ether oxygens (including phenoxy) is 1. The normalized spacial score (nSPS) is 32.2. The molecule has 3 rings (SSSR count). The van der Waals surface area contributed by atoms with Crippen LogP contribution in [-0.4, -0.2) is 29.7 Å². The van der Waals surface area contributed by atoms with Gasteiger partial charge >= 0.3 is 0 Å². The predicted octanol–water partition coefficient (Wildman–Crippen LogP) is 2.94. The molecule has 2 heteroatoms. The lowest BCUT2D eigenvalue weighted by atomic mass is 9.83. The van der Waals surface area contributed by atoms with Gasteiger partial charge in [-0.2, -0.15) is 0 Å². The van der Waals surface area contributed by atoms with Crippen molar-refractivity contribution in [2.75, 3.05) is 13.2 Å². The number of nitrogens with zero attached hydrogens (tertiary/aromatic N) is 1. The fraction of sp³-hybridized carbons (Fsp3) is 0.857. The maximum absolute atomic E-state index is 5.51. The zero-order valence-electron chi connectivity index (χ0n) is 10.8. The molecule has 2 heterocycles. The van der Waals surface area contributed by atoms with Crippen molar-refractivity contribution in [2.24, 2.45) is 5.92 Å². The minimum Gasteiger partial charge on any atom is -0.376 e. The maximum Gasteiger partial charge on any atom is 0.0905 e. The van der Waals surface area contributed by atoms with Gasteiger partial charge in [-0.1, -0.05) is 6.92 Å². The third-order valence-corrected chi connectivity index (χ3v) is 4.60. The molecule has 0 aromatic rings. The Morgan fingerprint density at radius 1 is 1.38 bits per heavy atom. The van der Waals surface area contributed by atoms with E-state index in [0.717, 1.165) is 19.1 Å². The molecule has 0 bridgehead atoms. The molecule has 90 valence electrons. The van der Waals surface area contributed by atoms with Gasteiger partial charge in [0.15, 0.2) is 0 Å². The lowest BCUT2D eigenvalue weighted by Gasteiger charge is -2.49. The van der Waals surface area contributed by atoms with Gasteiger partial charge in [-0.05, 0) is 51.0 Å². The molecule has 0 amide bonds. The third kappa shape index (κ3) is 1.29. The molecule has 2 nitrogen and oxygen atoms in total. The van der Waals surface area contributed by atoms with Gasteiger partial charge in [-0.3, -0.25) is 0 Å². The van der Waals surface area contributed by atoms with E-state index in [1.54, 1.807) is 11.3 Å². The molecule has 3 aliphatic rings. The Kier molecular flexibility index (Phi) is 2.32. The summed E-state index contributed by atoms with van der Waals surface area (Å²) in [5.41, 5.74) is 3.79. The molecule has 16 heavy (non-hydrogen) atoms. The first kappa shape index (κ1) is 10.6. The van der Waals surface area contributed by atoms with E-state index < -0.39 is 0 Å². The molecule has 2 aliphatic heterocycles. The van der Waals surface area contributed by atoms with E-state index in [0.29, 0.717) is 11.6 Å². The summed E-state index contributed by atoms with van der Waals surface area (Å²) in [5, 5.41) is 0. The Bertz CT molecular complexity index is 328. The Balaban J connectivity index is 1.96. The summed E-state index contributed by atoms with van der Waals surface area (Å²) in [6.07, 6.45) is 5.35. The smallest absolute Gasteiger partial charge is 0.0905 e. The van der Waals surface area contributed by atoms with Crippen LogP contribution < -0.4 is 0 Å². The van der Waals surface area contributed by atoms with Crippen LogP contribution in [0, 0.1) is 5.92 Å². The van der Waals surface area contributed by atoms with Gasteiger partial charge < -0.3 is 9.64 Å². The van der Waals surface area contributed by atoms with Crippen LogP contribution >= 0.6 is 0 Å². The van der Waals surface area contributed by atoms with E-state index in [-0.39, 0.29) is 0 Å². The zero-order chi connectivity index (χ0) is 11.3. The minimum atomic E-state index is 0.359. The monoisotopic (exact) mass is 221 g/mol. The van der Waals surface area contributed by atoms with Crippen LogP contribution in [-0.2, 0) is 4.74 Å². The maximum atomic E-state index is 5.51. The Morgan fingerprint density at radius 3 is 2.69 bits per heavy atom. The summed E-state index contributed by atoms with van der Waals surface area (Å²) in [6.45, 7) is 8.96. The van der Waals surface area contributed by atoms with Crippen molar-refractivity contribution in [2.45, 2.75) is 58.0 Å². The molecule has 1 aliphatic carbocycles. The number of rotatable bonds is 1. The molecule has 1 saturated heterocycles. The van der Waals surface area contributed by atoms with Crippen molar-refractivity contribution < 1.29 is 4.74 Å². The highest BCUT2D eigenvalue weighted by Crippen LogP contribution is 2.49. The average Bonchev–Trinajstić information content (AvgIpc) is 2.53. The first-order valence-corrected chi connectivity index (χ1v) is 6.73. The van der Waals surface area contributed by atoms with Crippen LogP contribution in [0.2, 0.25) is 0 Å². The fourth-order valence-corrected chi connectivity index (χ4v) is 3.91. The van der Waals surface area contributed by atoms with Crippen LogP contribution in [0.4, 0.5) is 0 Å². The predicted molar refractivity (Wildman–Crippen MR) is 65.2 cm³/mol. The second-order valence-corrected chi connectivity index (χ2v) is 6.12. The highest BCUT2D eigenvalue weighted by Gasteiger charge is 2.52. The van der Waals surface area contributed by atoms with E-state index in [1.807, 2.05) is 0 Å².